The molecule has 0 fully saturated rings. The van der Waals surface area contributed by atoms with Crippen molar-refractivity contribution in [1.82, 2.24) is 0 Å². The number of carbonyl (C=O) groups is 6. The van der Waals surface area contributed by atoms with Crippen LogP contribution >= 0.6 is 0 Å². The molecule has 0 saturated carbocycles. The maximum atomic E-state index is 9.41. The van der Waals surface area contributed by atoms with Crippen molar-refractivity contribution in [1.29, 1.82) is 0 Å². The van der Waals surface area contributed by atoms with Crippen LogP contribution in [0.2, 0.25) is 0 Å². The van der Waals surface area contributed by atoms with Gasteiger partial charge in [-0.15, -0.1) is 0 Å². The van der Waals surface area contributed by atoms with Crippen LogP contribution in [0, 0.1) is 0 Å². The molecule has 0 aliphatic heterocycles. The maximum Gasteiger partial charge on any atom is 2.00 e. The summed E-state index contributed by atoms with van der Waals surface area (Å²) in [4.78, 5) is 56.5. The Hall–Kier alpha value is -1.66. The van der Waals surface area contributed by atoms with Crippen LogP contribution in [0.15, 0.2) is 36.5 Å². The third kappa shape index (κ3) is 68.3. The molecule has 15 heteroatoms. The molecule has 0 saturated heterocycles. The van der Waals surface area contributed by atoms with Crippen LogP contribution in [0.1, 0.15) is 0 Å². The van der Waals surface area contributed by atoms with E-state index in [9.17, 15) is 59.4 Å². The van der Waals surface area contributed by atoms with E-state index in [1.807, 2.05) is 0 Å². The molecule has 132 valence electrons. The van der Waals surface area contributed by atoms with Crippen molar-refractivity contribution < 1.29 is 59.4 Å². The molecule has 0 unspecified atom stereocenters. The van der Waals surface area contributed by atoms with Crippen molar-refractivity contribution >= 4 is 105 Å². The first-order valence-corrected chi connectivity index (χ1v) is 5.18. The Balaban J connectivity index is -0.0000000580. The van der Waals surface area contributed by atoms with Gasteiger partial charge in [-0.05, 0) is 36.5 Å². The molecule has 0 aliphatic rings. The van der Waals surface area contributed by atoms with Crippen LogP contribution in [-0.2, 0) is 28.8 Å². The van der Waals surface area contributed by atoms with Crippen molar-refractivity contribution in [3.63, 3.8) is 0 Å². The maximum absolute atomic E-state index is 9.41. The van der Waals surface area contributed by atoms with Gasteiger partial charge in [0.1, 0.15) is 0 Å². The molecule has 0 aliphatic carbocycles. The number of carboxylic acid groups (broad SMARTS) is 6. The van der Waals surface area contributed by atoms with Gasteiger partial charge in [0.05, 0.1) is 35.8 Å². The molecule has 0 spiro atoms. The molecule has 0 amide bonds. The van der Waals surface area contributed by atoms with Crippen LogP contribution in [0.5, 0.6) is 0 Å². The van der Waals surface area contributed by atoms with Gasteiger partial charge < -0.3 is 59.4 Å². The number of hydrogen-bond donors (Lipinski definition) is 0. The number of carbonyl (C=O) groups excluding carboxylic acids is 6. The monoisotopic (exact) mass is 414 g/mol. The van der Waals surface area contributed by atoms with Crippen molar-refractivity contribution in [2.45, 2.75) is 0 Å². The standard InChI is InChI=1S/3C4H4O4.3Mg/c3*5-3(6)1-2-4(7)8;;;/h3*1-2H,(H,5,6)(H,7,8);;;/q;;;3*+2/p-6/b3*2-1-;;;. The zero-order valence-corrected chi connectivity index (χ0v) is 17.7. The molecular formula is C12H6Mg3O12. The molecule has 12 nitrogen and oxygen atoms in total. The molecule has 27 heavy (non-hydrogen) atoms. The first-order valence-electron chi connectivity index (χ1n) is 5.18. The van der Waals surface area contributed by atoms with E-state index in [4.69, 9.17) is 0 Å². The fourth-order valence-electron chi connectivity index (χ4n) is 0.408. The molecule has 0 aromatic heterocycles. The second-order valence-electron chi connectivity index (χ2n) is 2.91. The number of aliphatic carboxylic acids is 6. The minimum absolute atomic E-state index is 0. The summed E-state index contributed by atoms with van der Waals surface area (Å²) < 4.78 is 0. The third-order valence-electron chi connectivity index (χ3n) is 1.07. The third-order valence-corrected chi connectivity index (χ3v) is 1.07. The van der Waals surface area contributed by atoms with E-state index < -0.39 is 35.8 Å². The predicted molar refractivity (Wildman–Crippen MR) is 74.7 cm³/mol. The fourth-order valence-corrected chi connectivity index (χ4v) is 0.408. The summed E-state index contributed by atoms with van der Waals surface area (Å²) in [5.41, 5.74) is 0. The van der Waals surface area contributed by atoms with E-state index in [2.05, 4.69) is 0 Å². The Labute approximate surface area is 199 Å². The first kappa shape index (κ1) is 40.1. The Morgan fingerprint density at radius 3 is 0.444 bits per heavy atom. The molecule has 0 radical (unpaired) electrons. The molecule has 0 aromatic rings. The number of rotatable bonds is 6. The van der Waals surface area contributed by atoms with E-state index in [0.717, 1.165) is 0 Å². The van der Waals surface area contributed by atoms with E-state index >= 15 is 0 Å². The van der Waals surface area contributed by atoms with Crippen LogP contribution in [-0.4, -0.2) is 105 Å². The molecule has 0 aromatic carbocycles. The van der Waals surface area contributed by atoms with Crippen LogP contribution in [0.4, 0.5) is 0 Å². The second kappa shape index (κ2) is 26.6. The van der Waals surface area contributed by atoms with Crippen LogP contribution < -0.4 is 30.6 Å². The van der Waals surface area contributed by atoms with Gasteiger partial charge in [-0.25, -0.2) is 0 Å². The van der Waals surface area contributed by atoms with Gasteiger partial charge in [0, 0.05) is 0 Å². The van der Waals surface area contributed by atoms with Crippen molar-refractivity contribution in [2.24, 2.45) is 0 Å². The van der Waals surface area contributed by atoms with Crippen LogP contribution in [0.3, 0.4) is 0 Å². The van der Waals surface area contributed by atoms with E-state index in [1.54, 1.807) is 0 Å². The zero-order valence-electron chi connectivity index (χ0n) is 13.5. The van der Waals surface area contributed by atoms with E-state index in [1.165, 1.54) is 0 Å². The van der Waals surface area contributed by atoms with Gasteiger partial charge >= 0.3 is 69.2 Å². The molecule has 0 rings (SSSR count). The summed E-state index contributed by atoms with van der Waals surface area (Å²) in [6.45, 7) is 0. The molecule has 0 atom stereocenters. The topological polar surface area (TPSA) is 241 Å². The van der Waals surface area contributed by atoms with Crippen LogP contribution in [0.25, 0.3) is 0 Å². The SMILES string of the molecule is O=C([O-])/C=C\C(=O)[O-].O=C([O-])/C=C\C(=O)[O-].O=C([O-])/C=C\C(=O)[O-].[Mg+2].[Mg+2].[Mg+2]. The van der Waals surface area contributed by atoms with Crippen molar-refractivity contribution in [3.8, 4) is 0 Å². The van der Waals surface area contributed by atoms with Gasteiger partial charge in [0.15, 0.2) is 0 Å². The second-order valence-corrected chi connectivity index (χ2v) is 2.91. The molecule has 0 N–H and O–H groups in total. The van der Waals surface area contributed by atoms with Gasteiger partial charge in [-0.1, -0.05) is 0 Å². The molecule has 0 bridgehead atoms. The van der Waals surface area contributed by atoms with Gasteiger partial charge in [0.2, 0.25) is 0 Å². The average molecular weight is 415 g/mol. The average Bonchev–Trinajstić information content (AvgIpc) is 2.42. The summed E-state index contributed by atoms with van der Waals surface area (Å²) >= 11 is 0. The largest absolute Gasteiger partial charge is 2.00 e. The predicted octanol–water partition coefficient (Wildman–Crippen LogP) is -10.0. The quantitative estimate of drug-likeness (QED) is 0.290. The Bertz CT molecular complexity index is 451. The van der Waals surface area contributed by atoms with Gasteiger partial charge in [-0.3, -0.25) is 0 Å². The summed E-state index contributed by atoms with van der Waals surface area (Å²) in [5.74, 6) is -9.28. The number of carboxylic acids is 6. The minimum Gasteiger partial charge on any atom is -0.545 e. The Kier molecular flexibility index (Phi) is 39.5. The van der Waals surface area contributed by atoms with Gasteiger partial charge in [-0.2, -0.15) is 0 Å². The zero-order chi connectivity index (χ0) is 19.7. The fraction of sp³-hybridized carbons (Fsp3) is 0. The smallest absolute Gasteiger partial charge is 0.545 e. The van der Waals surface area contributed by atoms with Crippen molar-refractivity contribution in [3.05, 3.63) is 36.5 Å². The minimum atomic E-state index is -1.55. The number of hydrogen-bond acceptors (Lipinski definition) is 12. The van der Waals surface area contributed by atoms with E-state index in [-0.39, 0.29) is 69.2 Å². The normalized spacial score (nSPS) is 8.44. The first-order chi connectivity index (χ1) is 10.9. The summed E-state index contributed by atoms with van der Waals surface area (Å²) in [6.07, 6.45) is 2.31. The summed E-state index contributed by atoms with van der Waals surface area (Å²) in [7, 11) is 0. The van der Waals surface area contributed by atoms with Crippen molar-refractivity contribution in [2.75, 3.05) is 0 Å². The summed E-state index contributed by atoms with van der Waals surface area (Å²) in [6, 6.07) is 0. The Morgan fingerprint density at radius 2 is 0.407 bits per heavy atom. The molecule has 0 heterocycles. The van der Waals surface area contributed by atoms with Gasteiger partial charge in [0.25, 0.3) is 0 Å². The Morgan fingerprint density at radius 1 is 0.333 bits per heavy atom. The van der Waals surface area contributed by atoms with E-state index in [0.29, 0.717) is 36.5 Å². The molecular weight excluding hydrogens is 409 g/mol. The summed E-state index contributed by atoms with van der Waals surface area (Å²) in [5, 5.41) is 56.5.